The number of aliphatic imine (C=N–C) groups is 1. The van der Waals surface area contributed by atoms with Crippen LogP contribution >= 0.6 is 0 Å². The van der Waals surface area contributed by atoms with Gasteiger partial charge in [-0.25, -0.2) is 9.18 Å². The summed E-state index contributed by atoms with van der Waals surface area (Å²) in [5.74, 6) is -0.391. The molecule has 4 rings (SSSR count). The molecule has 0 bridgehead atoms. The Bertz CT molecular complexity index is 1440. The predicted octanol–water partition coefficient (Wildman–Crippen LogP) is 3.52. The molecule has 0 spiro atoms. The molecule has 0 fully saturated rings. The van der Waals surface area contributed by atoms with Crippen molar-refractivity contribution in [3.63, 3.8) is 0 Å². The van der Waals surface area contributed by atoms with Gasteiger partial charge in [0.05, 0.1) is 23.8 Å². The zero-order chi connectivity index (χ0) is 22.0. The number of nitrogens with zero attached hydrogens (tertiary/aromatic N) is 1. The SMILES string of the molecule is COc1cc(C=Nc2ccc3[nH]c(=O)[nH]c3c2)ccc1OS(=O)(=O)c1ccc(F)cc1. The molecular formula is C21H16FN3O5S. The number of methoxy groups -OCH3 is 1. The van der Waals surface area contributed by atoms with Gasteiger partial charge in [0.1, 0.15) is 10.7 Å². The van der Waals surface area contributed by atoms with Crippen molar-refractivity contribution < 1.29 is 21.7 Å². The largest absolute Gasteiger partial charge is 0.493 e. The number of imidazole rings is 1. The first-order valence-electron chi connectivity index (χ1n) is 8.98. The van der Waals surface area contributed by atoms with Crippen LogP contribution in [0, 0.1) is 5.82 Å². The second-order valence-electron chi connectivity index (χ2n) is 6.47. The third-order valence-corrected chi connectivity index (χ3v) is 5.60. The van der Waals surface area contributed by atoms with Gasteiger partial charge in [-0.15, -0.1) is 0 Å². The van der Waals surface area contributed by atoms with Gasteiger partial charge < -0.3 is 18.9 Å². The second-order valence-corrected chi connectivity index (χ2v) is 8.02. The van der Waals surface area contributed by atoms with Crippen molar-refractivity contribution >= 4 is 33.1 Å². The molecule has 0 saturated heterocycles. The minimum Gasteiger partial charge on any atom is -0.493 e. The maximum atomic E-state index is 13.1. The van der Waals surface area contributed by atoms with E-state index in [1.54, 1.807) is 36.5 Å². The Balaban J connectivity index is 1.57. The highest BCUT2D eigenvalue weighted by Gasteiger charge is 2.19. The van der Waals surface area contributed by atoms with E-state index in [0.29, 0.717) is 22.3 Å². The molecule has 0 aliphatic carbocycles. The van der Waals surface area contributed by atoms with Gasteiger partial charge in [-0.2, -0.15) is 8.42 Å². The molecule has 0 atom stereocenters. The van der Waals surface area contributed by atoms with Gasteiger partial charge in [0.25, 0.3) is 0 Å². The number of benzene rings is 3. The van der Waals surface area contributed by atoms with Crippen LogP contribution in [0.2, 0.25) is 0 Å². The summed E-state index contributed by atoms with van der Waals surface area (Å²) in [5, 5.41) is 0. The van der Waals surface area contributed by atoms with E-state index in [2.05, 4.69) is 15.0 Å². The van der Waals surface area contributed by atoms with Crippen molar-refractivity contribution in [2.24, 2.45) is 4.99 Å². The number of H-pyrrole nitrogens is 2. The minimum atomic E-state index is -4.16. The molecule has 158 valence electrons. The molecule has 31 heavy (non-hydrogen) atoms. The number of aromatic nitrogens is 2. The molecule has 0 unspecified atom stereocenters. The van der Waals surface area contributed by atoms with Gasteiger partial charge in [0.2, 0.25) is 0 Å². The van der Waals surface area contributed by atoms with Crippen LogP contribution in [0.4, 0.5) is 10.1 Å². The first-order chi connectivity index (χ1) is 14.8. The molecule has 4 aromatic rings. The van der Waals surface area contributed by atoms with Gasteiger partial charge in [0.15, 0.2) is 11.5 Å². The first kappa shape index (κ1) is 20.4. The van der Waals surface area contributed by atoms with Crippen LogP contribution in [0.3, 0.4) is 0 Å². The maximum Gasteiger partial charge on any atom is 0.339 e. The Kier molecular flexibility index (Phi) is 5.30. The molecule has 1 heterocycles. The number of hydrogen-bond donors (Lipinski definition) is 2. The molecular weight excluding hydrogens is 425 g/mol. The summed E-state index contributed by atoms with van der Waals surface area (Å²) in [6.07, 6.45) is 1.56. The fourth-order valence-corrected chi connectivity index (χ4v) is 3.79. The lowest BCUT2D eigenvalue weighted by Crippen LogP contribution is -2.10. The summed E-state index contributed by atoms with van der Waals surface area (Å²) in [6.45, 7) is 0. The van der Waals surface area contributed by atoms with E-state index in [-0.39, 0.29) is 22.1 Å². The smallest absolute Gasteiger partial charge is 0.339 e. The molecule has 3 aromatic carbocycles. The zero-order valence-electron chi connectivity index (χ0n) is 16.1. The second kappa shape index (κ2) is 8.07. The van der Waals surface area contributed by atoms with Crippen LogP contribution in [-0.4, -0.2) is 31.7 Å². The van der Waals surface area contributed by atoms with Gasteiger partial charge in [-0.3, -0.25) is 4.99 Å². The molecule has 8 nitrogen and oxygen atoms in total. The lowest BCUT2D eigenvalue weighted by molar-refractivity contribution is 0.390. The van der Waals surface area contributed by atoms with Crippen LogP contribution in [0.1, 0.15) is 5.56 Å². The van der Waals surface area contributed by atoms with Crippen molar-refractivity contribution in [1.82, 2.24) is 9.97 Å². The molecule has 10 heteroatoms. The molecule has 0 aliphatic heterocycles. The van der Waals surface area contributed by atoms with Crippen molar-refractivity contribution in [3.8, 4) is 11.5 Å². The van der Waals surface area contributed by atoms with E-state index in [1.807, 2.05) is 0 Å². The Labute approximate surface area is 176 Å². The molecule has 0 saturated carbocycles. The fraction of sp³-hybridized carbons (Fsp3) is 0.0476. The first-order valence-corrected chi connectivity index (χ1v) is 10.4. The third-order valence-electron chi connectivity index (χ3n) is 4.35. The summed E-state index contributed by atoms with van der Waals surface area (Å²) in [6, 6.07) is 14.1. The Morgan fingerprint density at radius 2 is 1.68 bits per heavy atom. The highest BCUT2D eigenvalue weighted by molar-refractivity contribution is 7.87. The highest BCUT2D eigenvalue weighted by atomic mass is 32.2. The van der Waals surface area contributed by atoms with Gasteiger partial charge in [-0.1, -0.05) is 0 Å². The standard InChI is InChI=1S/C21H16FN3O5S/c1-29-20-10-13(12-23-15-5-8-17-18(11-15)25-21(26)24-17)2-9-19(20)30-31(27,28)16-6-3-14(22)4-7-16/h2-12H,1H3,(H2,24,25,26). The minimum absolute atomic E-state index is 0.0182. The fourth-order valence-electron chi connectivity index (χ4n) is 2.85. The van der Waals surface area contributed by atoms with E-state index in [9.17, 15) is 17.6 Å². The topological polar surface area (TPSA) is 114 Å². The van der Waals surface area contributed by atoms with Crippen LogP contribution in [0.25, 0.3) is 11.0 Å². The van der Waals surface area contributed by atoms with Crippen LogP contribution < -0.4 is 14.6 Å². The lowest BCUT2D eigenvalue weighted by atomic mass is 10.2. The number of nitrogens with one attached hydrogen (secondary N) is 2. The Hall–Kier alpha value is -3.92. The molecule has 2 N–H and O–H groups in total. The average molecular weight is 441 g/mol. The number of ether oxygens (including phenoxy) is 1. The third kappa shape index (κ3) is 4.48. The van der Waals surface area contributed by atoms with E-state index in [0.717, 1.165) is 24.3 Å². The van der Waals surface area contributed by atoms with Gasteiger partial charge in [-0.05, 0) is 66.2 Å². The number of hydrogen-bond acceptors (Lipinski definition) is 6. The summed E-state index contributed by atoms with van der Waals surface area (Å²) in [4.78, 5) is 20.8. The zero-order valence-corrected chi connectivity index (χ0v) is 16.9. The van der Waals surface area contributed by atoms with Crippen molar-refractivity contribution in [2.75, 3.05) is 7.11 Å². The maximum absolute atomic E-state index is 13.1. The highest BCUT2D eigenvalue weighted by Crippen LogP contribution is 2.30. The lowest BCUT2D eigenvalue weighted by Gasteiger charge is -2.11. The van der Waals surface area contributed by atoms with E-state index >= 15 is 0 Å². The van der Waals surface area contributed by atoms with Gasteiger partial charge in [0, 0.05) is 6.21 Å². The molecule has 1 aromatic heterocycles. The van der Waals surface area contributed by atoms with Crippen LogP contribution in [0.5, 0.6) is 11.5 Å². The summed E-state index contributed by atoms with van der Waals surface area (Å²) in [5.41, 5.74) is 2.25. The van der Waals surface area contributed by atoms with Gasteiger partial charge >= 0.3 is 15.8 Å². The molecule has 0 amide bonds. The molecule has 0 aliphatic rings. The van der Waals surface area contributed by atoms with Crippen molar-refractivity contribution in [1.29, 1.82) is 0 Å². The summed E-state index contributed by atoms with van der Waals surface area (Å²) >= 11 is 0. The van der Waals surface area contributed by atoms with Crippen molar-refractivity contribution in [2.45, 2.75) is 4.90 Å². The quantitative estimate of drug-likeness (QED) is 0.351. The molecule has 0 radical (unpaired) electrons. The number of halogens is 1. The van der Waals surface area contributed by atoms with Crippen LogP contribution in [-0.2, 0) is 10.1 Å². The van der Waals surface area contributed by atoms with E-state index in [4.69, 9.17) is 8.92 Å². The Morgan fingerprint density at radius 3 is 2.42 bits per heavy atom. The van der Waals surface area contributed by atoms with Crippen molar-refractivity contribution in [3.05, 3.63) is 82.5 Å². The number of rotatable bonds is 6. The van der Waals surface area contributed by atoms with E-state index in [1.165, 1.54) is 13.2 Å². The summed E-state index contributed by atoms with van der Waals surface area (Å²) in [7, 11) is -2.78. The number of aromatic amines is 2. The predicted molar refractivity (Wildman–Crippen MR) is 113 cm³/mol. The number of fused-ring (bicyclic) bond motifs is 1. The Morgan fingerprint density at radius 1 is 0.935 bits per heavy atom. The van der Waals surface area contributed by atoms with E-state index < -0.39 is 15.9 Å². The monoisotopic (exact) mass is 441 g/mol. The normalized spacial score (nSPS) is 11.8. The van der Waals surface area contributed by atoms with Crippen LogP contribution in [0.15, 0.2) is 75.3 Å². The average Bonchev–Trinajstić information content (AvgIpc) is 3.12. The summed E-state index contributed by atoms with van der Waals surface area (Å²) < 4.78 is 48.3.